The summed E-state index contributed by atoms with van der Waals surface area (Å²) in [4.78, 5) is 26.5. The SMILES string of the molecule is COc1ccc(NC(=O)[C@@H]2CCCN2C(=O)c2cc(F)cc(F)c2)cc1. The number of anilines is 1. The Bertz CT molecular complexity index is 804. The van der Waals surface area contributed by atoms with Crippen molar-refractivity contribution in [1.29, 1.82) is 0 Å². The van der Waals surface area contributed by atoms with Gasteiger partial charge in [-0.25, -0.2) is 8.78 Å². The minimum atomic E-state index is -0.827. The van der Waals surface area contributed by atoms with E-state index in [-0.39, 0.29) is 11.5 Å². The molecule has 2 aromatic carbocycles. The quantitative estimate of drug-likeness (QED) is 0.911. The van der Waals surface area contributed by atoms with Gasteiger partial charge in [-0.3, -0.25) is 9.59 Å². The van der Waals surface area contributed by atoms with Gasteiger partial charge in [0.2, 0.25) is 5.91 Å². The van der Waals surface area contributed by atoms with Gasteiger partial charge in [0.1, 0.15) is 23.4 Å². The maximum atomic E-state index is 13.4. The van der Waals surface area contributed by atoms with E-state index in [1.165, 1.54) is 4.90 Å². The Morgan fingerprint density at radius 1 is 1.12 bits per heavy atom. The normalized spacial score (nSPS) is 16.4. The van der Waals surface area contributed by atoms with Crippen LogP contribution in [0.4, 0.5) is 14.5 Å². The van der Waals surface area contributed by atoms with E-state index < -0.39 is 23.6 Å². The summed E-state index contributed by atoms with van der Waals surface area (Å²) in [5.41, 5.74) is 0.471. The molecular weight excluding hydrogens is 342 g/mol. The predicted octanol–water partition coefficient (Wildman–Crippen LogP) is 3.22. The summed E-state index contributed by atoms with van der Waals surface area (Å²) in [7, 11) is 1.55. The number of amides is 2. The van der Waals surface area contributed by atoms with Crippen LogP contribution in [0.5, 0.6) is 5.75 Å². The Kier molecular flexibility index (Phi) is 5.16. The molecule has 3 rings (SSSR count). The van der Waals surface area contributed by atoms with Crippen molar-refractivity contribution in [3.05, 3.63) is 59.7 Å². The zero-order valence-electron chi connectivity index (χ0n) is 14.2. The zero-order chi connectivity index (χ0) is 18.7. The summed E-state index contributed by atoms with van der Waals surface area (Å²) in [5.74, 6) is -1.89. The third-order valence-electron chi connectivity index (χ3n) is 4.28. The molecule has 0 radical (unpaired) electrons. The molecule has 0 saturated carbocycles. The van der Waals surface area contributed by atoms with Gasteiger partial charge in [-0.1, -0.05) is 0 Å². The summed E-state index contributed by atoms with van der Waals surface area (Å²) in [6, 6.07) is 8.78. The van der Waals surface area contributed by atoms with Gasteiger partial charge >= 0.3 is 0 Å². The fourth-order valence-electron chi connectivity index (χ4n) is 3.03. The lowest BCUT2D eigenvalue weighted by Gasteiger charge is -2.24. The lowest BCUT2D eigenvalue weighted by Crippen LogP contribution is -2.43. The standard InChI is InChI=1S/C19H18F2N2O3/c1-26-16-6-4-15(5-7-16)22-18(24)17-3-2-8-23(17)19(25)12-9-13(20)11-14(21)10-12/h4-7,9-11,17H,2-3,8H2,1H3,(H,22,24)/t17-/m0/s1. The number of hydrogen-bond donors (Lipinski definition) is 1. The average Bonchev–Trinajstić information content (AvgIpc) is 3.10. The maximum Gasteiger partial charge on any atom is 0.254 e. The summed E-state index contributed by atoms with van der Waals surface area (Å²) in [6.07, 6.45) is 1.13. The molecule has 1 aliphatic rings. The van der Waals surface area contributed by atoms with Crippen molar-refractivity contribution in [1.82, 2.24) is 4.90 Å². The average molecular weight is 360 g/mol. The van der Waals surface area contributed by atoms with Crippen LogP contribution in [0.2, 0.25) is 0 Å². The molecule has 0 unspecified atom stereocenters. The molecule has 2 amide bonds. The summed E-state index contributed by atoms with van der Waals surface area (Å²) in [5, 5.41) is 2.76. The van der Waals surface area contributed by atoms with Gasteiger partial charge in [0.15, 0.2) is 0 Å². The number of ether oxygens (including phenoxy) is 1. The molecule has 0 spiro atoms. The third kappa shape index (κ3) is 3.82. The number of carbonyl (C=O) groups is 2. The molecule has 0 aliphatic carbocycles. The molecule has 1 heterocycles. The minimum absolute atomic E-state index is 0.105. The van der Waals surface area contributed by atoms with Crippen LogP contribution < -0.4 is 10.1 Å². The minimum Gasteiger partial charge on any atom is -0.497 e. The Labute approximate surface area is 149 Å². The number of halogens is 2. The van der Waals surface area contributed by atoms with E-state index in [0.717, 1.165) is 12.1 Å². The number of rotatable bonds is 4. The highest BCUT2D eigenvalue weighted by Gasteiger charge is 2.34. The zero-order valence-corrected chi connectivity index (χ0v) is 14.2. The summed E-state index contributed by atoms with van der Waals surface area (Å²) >= 11 is 0. The van der Waals surface area contributed by atoms with Crippen LogP contribution in [0, 0.1) is 11.6 Å². The second kappa shape index (κ2) is 7.51. The van der Waals surface area contributed by atoms with Crippen LogP contribution >= 0.6 is 0 Å². The number of nitrogens with zero attached hydrogens (tertiary/aromatic N) is 1. The Morgan fingerprint density at radius 3 is 2.38 bits per heavy atom. The molecule has 26 heavy (non-hydrogen) atoms. The highest BCUT2D eigenvalue weighted by molar-refractivity contribution is 6.01. The van der Waals surface area contributed by atoms with Crippen molar-refractivity contribution in [3.63, 3.8) is 0 Å². The number of benzene rings is 2. The third-order valence-corrected chi connectivity index (χ3v) is 4.28. The molecule has 0 bridgehead atoms. The van der Waals surface area contributed by atoms with E-state index in [9.17, 15) is 18.4 Å². The van der Waals surface area contributed by atoms with Crippen LogP contribution in [-0.4, -0.2) is 36.4 Å². The van der Waals surface area contributed by atoms with Crippen LogP contribution in [-0.2, 0) is 4.79 Å². The summed E-state index contributed by atoms with van der Waals surface area (Å²) in [6.45, 7) is 0.359. The Hall–Kier alpha value is -2.96. The van der Waals surface area contributed by atoms with Crippen molar-refractivity contribution >= 4 is 17.5 Å². The molecule has 5 nitrogen and oxygen atoms in total. The van der Waals surface area contributed by atoms with E-state index >= 15 is 0 Å². The van der Waals surface area contributed by atoms with Crippen LogP contribution in [0.3, 0.4) is 0 Å². The van der Waals surface area contributed by atoms with Crippen molar-refractivity contribution in [2.75, 3.05) is 19.0 Å². The first-order chi connectivity index (χ1) is 12.5. The first-order valence-corrected chi connectivity index (χ1v) is 8.20. The Morgan fingerprint density at radius 2 is 1.77 bits per heavy atom. The number of carbonyl (C=O) groups excluding carboxylic acids is 2. The van der Waals surface area contributed by atoms with E-state index in [2.05, 4.69) is 5.32 Å². The predicted molar refractivity (Wildman–Crippen MR) is 92.0 cm³/mol. The molecular formula is C19H18F2N2O3. The number of nitrogens with one attached hydrogen (secondary N) is 1. The van der Waals surface area contributed by atoms with Gasteiger partial charge in [0.25, 0.3) is 5.91 Å². The first kappa shape index (κ1) is 17.8. The number of methoxy groups -OCH3 is 1. The summed E-state index contributed by atoms with van der Waals surface area (Å²) < 4.78 is 31.8. The fourth-order valence-corrected chi connectivity index (χ4v) is 3.03. The van der Waals surface area contributed by atoms with Crippen LogP contribution in [0.25, 0.3) is 0 Å². The van der Waals surface area contributed by atoms with Crippen LogP contribution in [0.1, 0.15) is 23.2 Å². The molecule has 1 aliphatic heterocycles. The second-order valence-electron chi connectivity index (χ2n) is 6.03. The lowest BCUT2D eigenvalue weighted by atomic mass is 10.1. The van der Waals surface area contributed by atoms with Gasteiger partial charge in [0, 0.05) is 23.9 Å². The topological polar surface area (TPSA) is 58.6 Å². The lowest BCUT2D eigenvalue weighted by molar-refractivity contribution is -0.119. The van der Waals surface area contributed by atoms with Gasteiger partial charge in [-0.2, -0.15) is 0 Å². The van der Waals surface area contributed by atoms with Gasteiger partial charge in [-0.15, -0.1) is 0 Å². The molecule has 1 saturated heterocycles. The van der Waals surface area contributed by atoms with Crippen LogP contribution in [0.15, 0.2) is 42.5 Å². The molecule has 1 N–H and O–H groups in total. The maximum absolute atomic E-state index is 13.4. The molecule has 7 heteroatoms. The highest BCUT2D eigenvalue weighted by Crippen LogP contribution is 2.23. The molecule has 0 aromatic heterocycles. The van der Waals surface area contributed by atoms with Gasteiger partial charge in [-0.05, 0) is 49.2 Å². The second-order valence-corrected chi connectivity index (χ2v) is 6.03. The Balaban J connectivity index is 1.74. The van der Waals surface area contributed by atoms with E-state index in [4.69, 9.17) is 4.74 Å². The van der Waals surface area contributed by atoms with Gasteiger partial charge in [0.05, 0.1) is 7.11 Å². The fraction of sp³-hybridized carbons (Fsp3) is 0.263. The number of hydrogen-bond acceptors (Lipinski definition) is 3. The molecule has 1 fully saturated rings. The van der Waals surface area contributed by atoms with Crippen molar-refractivity contribution in [2.24, 2.45) is 0 Å². The van der Waals surface area contributed by atoms with E-state index in [0.29, 0.717) is 36.9 Å². The van der Waals surface area contributed by atoms with E-state index in [1.807, 2.05) is 0 Å². The van der Waals surface area contributed by atoms with Crippen molar-refractivity contribution < 1.29 is 23.1 Å². The van der Waals surface area contributed by atoms with Crippen molar-refractivity contribution in [2.45, 2.75) is 18.9 Å². The monoisotopic (exact) mass is 360 g/mol. The smallest absolute Gasteiger partial charge is 0.254 e. The molecule has 1 atom stereocenters. The highest BCUT2D eigenvalue weighted by atomic mass is 19.1. The molecule has 136 valence electrons. The largest absolute Gasteiger partial charge is 0.497 e. The van der Waals surface area contributed by atoms with E-state index in [1.54, 1.807) is 31.4 Å². The van der Waals surface area contributed by atoms with Gasteiger partial charge < -0.3 is 15.0 Å². The first-order valence-electron chi connectivity index (χ1n) is 8.20. The molecule has 2 aromatic rings. The number of likely N-dealkylation sites (tertiary alicyclic amines) is 1. The van der Waals surface area contributed by atoms with Crippen molar-refractivity contribution in [3.8, 4) is 5.75 Å².